The van der Waals surface area contributed by atoms with Crippen LogP contribution in [0.25, 0.3) is 11.3 Å². The van der Waals surface area contributed by atoms with Gasteiger partial charge >= 0.3 is 0 Å². The maximum atomic E-state index is 5.38. The summed E-state index contributed by atoms with van der Waals surface area (Å²) in [5.74, 6) is 2.40. The number of hydrogen-bond acceptors (Lipinski definition) is 6. The van der Waals surface area contributed by atoms with Gasteiger partial charge in [0.05, 0.1) is 32.2 Å². The Balaban J connectivity index is 1.96. The molecule has 0 aromatic carbocycles. The third-order valence-corrected chi connectivity index (χ3v) is 3.40. The van der Waals surface area contributed by atoms with Crippen molar-refractivity contribution in [2.24, 2.45) is 0 Å². The second-order valence-corrected chi connectivity index (χ2v) is 4.87. The van der Waals surface area contributed by atoms with Gasteiger partial charge in [0.15, 0.2) is 0 Å². The zero-order valence-electron chi connectivity index (χ0n) is 12.2. The first-order valence-corrected chi connectivity index (χ1v) is 6.94. The minimum atomic E-state index is 0.719. The van der Waals surface area contributed by atoms with Crippen LogP contribution in [0, 0.1) is 6.92 Å². The number of anilines is 1. The Hall–Kier alpha value is -2.21. The molecule has 0 unspecified atom stereocenters. The lowest BCUT2D eigenvalue weighted by Gasteiger charge is -2.28. The minimum Gasteiger partial charge on any atom is -0.495 e. The van der Waals surface area contributed by atoms with Crippen molar-refractivity contribution in [1.82, 2.24) is 15.0 Å². The summed E-state index contributed by atoms with van der Waals surface area (Å²) in [7, 11) is 1.63. The number of pyridine rings is 1. The van der Waals surface area contributed by atoms with E-state index in [9.17, 15) is 0 Å². The van der Waals surface area contributed by atoms with Gasteiger partial charge in [-0.3, -0.25) is 4.98 Å². The summed E-state index contributed by atoms with van der Waals surface area (Å²) in [5, 5.41) is 0. The number of nitrogens with zero attached hydrogens (tertiary/aromatic N) is 4. The molecule has 6 nitrogen and oxygen atoms in total. The van der Waals surface area contributed by atoms with Crippen LogP contribution in [-0.4, -0.2) is 48.4 Å². The molecule has 1 saturated heterocycles. The van der Waals surface area contributed by atoms with Crippen molar-refractivity contribution >= 4 is 5.82 Å². The number of morpholine rings is 1. The molecule has 0 saturated carbocycles. The van der Waals surface area contributed by atoms with Crippen LogP contribution >= 0.6 is 0 Å². The maximum Gasteiger partial charge on any atom is 0.137 e. The van der Waals surface area contributed by atoms with Crippen molar-refractivity contribution in [2.75, 3.05) is 38.3 Å². The lowest BCUT2D eigenvalue weighted by atomic mass is 10.2. The van der Waals surface area contributed by atoms with Crippen LogP contribution < -0.4 is 9.64 Å². The van der Waals surface area contributed by atoms with Crippen LogP contribution in [0.5, 0.6) is 5.75 Å². The molecule has 0 amide bonds. The van der Waals surface area contributed by atoms with E-state index in [0.717, 1.165) is 55.0 Å². The molecule has 1 aliphatic heterocycles. The van der Waals surface area contributed by atoms with Crippen molar-refractivity contribution in [1.29, 1.82) is 0 Å². The molecule has 0 radical (unpaired) electrons. The summed E-state index contributed by atoms with van der Waals surface area (Å²) in [4.78, 5) is 15.4. The molecule has 0 aliphatic carbocycles. The van der Waals surface area contributed by atoms with E-state index < -0.39 is 0 Å². The van der Waals surface area contributed by atoms with Crippen LogP contribution in [-0.2, 0) is 4.74 Å². The third-order valence-electron chi connectivity index (χ3n) is 3.40. The molecule has 0 bridgehead atoms. The zero-order chi connectivity index (χ0) is 14.7. The average molecular weight is 286 g/mol. The number of rotatable bonds is 3. The first kappa shape index (κ1) is 13.8. The molecule has 6 heteroatoms. The van der Waals surface area contributed by atoms with Crippen LogP contribution in [0.3, 0.4) is 0 Å². The Bertz CT molecular complexity index is 627. The summed E-state index contributed by atoms with van der Waals surface area (Å²) >= 11 is 0. The molecule has 3 rings (SSSR count). The highest BCUT2D eigenvalue weighted by Crippen LogP contribution is 2.24. The molecule has 0 atom stereocenters. The van der Waals surface area contributed by atoms with Gasteiger partial charge in [-0.1, -0.05) is 0 Å². The second kappa shape index (κ2) is 6.05. The van der Waals surface area contributed by atoms with Gasteiger partial charge in [-0.2, -0.15) is 0 Å². The summed E-state index contributed by atoms with van der Waals surface area (Å²) in [6.45, 7) is 5.08. The highest BCUT2D eigenvalue weighted by atomic mass is 16.5. The Morgan fingerprint density at radius 3 is 2.71 bits per heavy atom. The molecule has 2 aromatic heterocycles. The fraction of sp³-hybridized carbons (Fsp3) is 0.400. The lowest BCUT2D eigenvalue weighted by molar-refractivity contribution is 0.122. The molecule has 0 N–H and O–H groups in total. The van der Waals surface area contributed by atoms with Crippen molar-refractivity contribution in [2.45, 2.75) is 6.92 Å². The molecule has 1 fully saturated rings. The smallest absolute Gasteiger partial charge is 0.137 e. The number of ether oxygens (including phenoxy) is 2. The highest BCUT2D eigenvalue weighted by Gasteiger charge is 2.15. The van der Waals surface area contributed by atoms with Crippen molar-refractivity contribution in [3.05, 3.63) is 30.4 Å². The summed E-state index contributed by atoms with van der Waals surface area (Å²) in [6.07, 6.45) is 3.47. The van der Waals surface area contributed by atoms with Crippen LogP contribution in [0.1, 0.15) is 5.82 Å². The van der Waals surface area contributed by atoms with E-state index >= 15 is 0 Å². The van der Waals surface area contributed by atoms with E-state index in [4.69, 9.17) is 9.47 Å². The van der Waals surface area contributed by atoms with Crippen molar-refractivity contribution in [3.8, 4) is 17.0 Å². The van der Waals surface area contributed by atoms with Gasteiger partial charge in [-0.15, -0.1) is 0 Å². The zero-order valence-corrected chi connectivity index (χ0v) is 12.2. The van der Waals surface area contributed by atoms with Crippen molar-refractivity contribution in [3.63, 3.8) is 0 Å². The number of hydrogen-bond donors (Lipinski definition) is 0. The fourth-order valence-electron chi connectivity index (χ4n) is 2.32. The molecule has 110 valence electrons. The topological polar surface area (TPSA) is 60.4 Å². The number of aromatic nitrogens is 3. The van der Waals surface area contributed by atoms with Gasteiger partial charge in [0.1, 0.15) is 17.4 Å². The Kier molecular flexibility index (Phi) is 3.96. The Morgan fingerprint density at radius 1 is 1.14 bits per heavy atom. The minimum absolute atomic E-state index is 0.719. The number of aryl methyl sites for hydroxylation is 1. The van der Waals surface area contributed by atoms with Gasteiger partial charge in [0, 0.05) is 30.9 Å². The van der Waals surface area contributed by atoms with E-state index in [1.165, 1.54) is 0 Å². The van der Waals surface area contributed by atoms with Crippen LogP contribution in [0.15, 0.2) is 24.5 Å². The second-order valence-electron chi connectivity index (χ2n) is 4.87. The predicted molar refractivity (Wildman–Crippen MR) is 79.6 cm³/mol. The summed E-state index contributed by atoms with van der Waals surface area (Å²) < 4.78 is 10.6. The first-order valence-electron chi connectivity index (χ1n) is 6.94. The molecule has 21 heavy (non-hydrogen) atoms. The Morgan fingerprint density at radius 2 is 1.95 bits per heavy atom. The largest absolute Gasteiger partial charge is 0.495 e. The molecule has 2 aromatic rings. The molecule has 3 heterocycles. The monoisotopic (exact) mass is 286 g/mol. The van der Waals surface area contributed by atoms with Crippen LogP contribution in [0.4, 0.5) is 5.82 Å². The van der Waals surface area contributed by atoms with E-state index in [1.54, 1.807) is 19.5 Å². The lowest BCUT2D eigenvalue weighted by Crippen LogP contribution is -2.36. The van der Waals surface area contributed by atoms with E-state index in [0.29, 0.717) is 0 Å². The van der Waals surface area contributed by atoms with Gasteiger partial charge in [0.25, 0.3) is 0 Å². The maximum absolute atomic E-state index is 5.38. The molecular weight excluding hydrogens is 268 g/mol. The van der Waals surface area contributed by atoms with Crippen LogP contribution in [0.2, 0.25) is 0 Å². The first-order chi connectivity index (χ1) is 10.3. The highest BCUT2D eigenvalue weighted by molar-refractivity contribution is 5.63. The summed E-state index contributed by atoms with van der Waals surface area (Å²) in [6, 6.07) is 3.92. The SMILES string of the molecule is COc1cncc(-c2cc(N3CCOCC3)nc(C)n2)c1. The van der Waals surface area contributed by atoms with Gasteiger partial charge in [0.2, 0.25) is 0 Å². The van der Waals surface area contributed by atoms with Crippen molar-refractivity contribution < 1.29 is 9.47 Å². The third kappa shape index (κ3) is 3.11. The standard InChI is InChI=1S/C15H18N4O2/c1-11-17-14(12-7-13(20-2)10-16-9-12)8-15(18-11)19-3-5-21-6-4-19/h7-10H,3-6H2,1-2H3. The van der Waals surface area contributed by atoms with Gasteiger partial charge in [-0.25, -0.2) is 9.97 Å². The molecular formula is C15H18N4O2. The fourth-order valence-corrected chi connectivity index (χ4v) is 2.32. The Labute approximate surface area is 123 Å². The van der Waals surface area contributed by atoms with E-state index in [2.05, 4.69) is 19.9 Å². The van der Waals surface area contributed by atoms with E-state index in [-0.39, 0.29) is 0 Å². The number of methoxy groups -OCH3 is 1. The van der Waals surface area contributed by atoms with Gasteiger partial charge < -0.3 is 14.4 Å². The van der Waals surface area contributed by atoms with E-state index in [1.807, 2.05) is 19.1 Å². The quantitative estimate of drug-likeness (QED) is 0.855. The molecule has 1 aliphatic rings. The normalized spacial score (nSPS) is 15.0. The van der Waals surface area contributed by atoms with Gasteiger partial charge in [-0.05, 0) is 13.0 Å². The average Bonchev–Trinajstić information content (AvgIpc) is 2.55. The predicted octanol–water partition coefficient (Wildman–Crippen LogP) is 1.69. The molecule has 0 spiro atoms. The summed E-state index contributed by atoms with van der Waals surface area (Å²) in [5.41, 5.74) is 1.78.